The lowest BCUT2D eigenvalue weighted by Gasteiger charge is -2.32. The quantitative estimate of drug-likeness (QED) is 0.558. The summed E-state index contributed by atoms with van der Waals surface area (Å²) in [7, 11) is -3.76. The van der Waals surface area contributed by atoms with Crippen LogP contribution in [0.3, 0.4) is 0 Å². The Labute approximate surface area is 131 Å². The molecule has 0 aromatic heterocycles. The maximum atomic E-state index is 12.7. The highest BCUT2D eigenvalue weighted by Crippen LogP contribution is 2.53. The monoisotopic (exact) mass is 337 g/mol. The Kier molecular flexibility index (Phi) is 8.39. The fourth-order valence-electron chi connectivity index (χ4n) is 2.97. The second-order valence-electron chi connectivity index (χ2n) is 5.58. The van der Waals surface area contributed by atoms with Gasteiger partial charge in [0.1, 0.15) is 0 Å². The smallest absolute Gasteiger partial charge is 0.404 e. The number of aliphatic hydroxyl groups excluding tert-OH is 1. The summed E-state index contributed by atoms with van der Waals surface area (Å²) in [4.78, 5) is 11.0. The Morgan fingerprint density at radius 3 is 2.23 bits per heavy atom. The van der Waals surface area contributed by atoms with E-state index in [0.29, 0.717) is 12.3 Å². The van der Waals surface area contributed by atoms with E-state index in [9.17, 15) is 14.5 Å². The number of nitrogens with one attached hydrogen (secondary N) is 1. The maximum Gasteiger partial charge on any atom is 0.404 e. The minimum Gasteiger partial charge on any atom is -0.465 e. The van der Waals surface area contributed by atoms with Gasteiger partial charge in [-0.2, -0.15) is 0 Å². The molecular formula is C14H28NO6P. The first kappa shape index (κ1) is 19.4. The first-order chi connectivity index (χ1) is 10.4. The summed E-state index contributed by atoms with van der Waals surface area (Å²) in [5.41, 5.74) is 0. The van der Waals surface area contributed by atoms with E-state index in [4.69, 9.17) is 14.2 Å². The van der Waals surface area contributed by atoms with E-state index in [1.165, 1.54) is 6.42 Å². The van der Waals surface area contributed by atoms with Gasteiger partial charge in [0.05, 0.1) is 19.3 Å². The van der Waals surface area contributed by atoms with Crippen molar-refractivity contribution in [1.29, 1.82) is 0 Å². The van der Waals surface area contributed by atoms with Crippen LogP contribution in [-0.2, 0) is 13.6 Å². The van der Waals surface area contributed by atoms with Crippen molar-refractivity contribution in [2.45, 2.75) is 64.3 Å². The highest BCUT2D eigenvalue weighted by molar-refractivity contribution is 7.54. The molecule has 130 valence electrons. The Bertz CT molecular complexity index is 376. The summed E-state index contributed by atoms with van der Waals surface area (Å²) in [6.07, 6.45) is 4.59. The number of aliphatic hydroxyl groups is 1. The zero-order valence-corrected chi connectivity index (χ0v) is 14.3. The molecule has 1 amide bonds. The SMILES string of the molecule is CCOP(=O)(OCC)C(O)[C@H](CC1CCCCC1)NC(=O)O. The first-order valence-corrected chi connectivity index (χ1v) is 9.60. The molecule has 2 atom stereocenters. The van der Waals surface area contributed by atoms with Crippen molar-refractivity contribution in [1.82, 2.24) is 5.32 Å². The number of hydrogen-bond donors (Lipinski definition) is 3. The third-order valence-electron chi connectivity index (χ3n) is 3.92. The third-order valence-corrected chi connectivity index (χ3v) is 6.17. The van der Waals surface area contributed by atoms with Crippen LogP contribution < -0.4 is 5.32 Å². The molecule has 0 radical (unpaired) electrons. The largest absolute Gasteiger partial charge is 0.465 e. The van der Waals surface area contributed by atoms with Crippen LogP contribution in [-0.4, -0.2) is 41.4 Å². The number of amides is 1. The summed E-state index contributed by atoms with van der Waals surface area (Å²) in [5, 5.41) is 21.7. The molecule has 0 saturated heterocycles. The van der Waals surface area contributed by atoms with Crippen molar-refractivity contribution in [3.63, 3.8) is 0 Å². The summed E-state index contributed by atoms with van der Waals surface area (Å²) in [5.74, 6) is -1.18. The molecule has 1 rings (SSSR count). The molecule has 0 aromatic carbocycles. The Morgan fingerprint density at radius 2 is 1.77 bits per heavy atom. The number of carbonyl (C=O) groups is 1. The van der Waals surface area contributed by atoms with E-state index in [1.54, 1.807) is 13.8 Å². The fraction of sp³-hybridized carbons (Fsp3) is 0.929. The van der Waals surface area contributed by atoms with Gasteiger partial charge in [0, 0.05) is 0 Å². The third kappa shape index (κ3) is 5.88. The van der Waals surface area contributed by atoms with E-state index in [0.717, 1.165) is 25.7 Å². The van der Waals surface area contributed by atoms with Gasteiger partial charge in [0.25, 0.3) is 0 Å². The van der Waals surface area contributed by atoms with Crippen molar-refractivity contribution in [3.05, 3.63) is 0 Å². The van der Waals surface area contributed by atoms with Crippen LogP contribution in [0.25, 0.3) is 0 Å². The number of carboxylic acid groups (broad SMARTS) is 1. The van der Waals surface area contributed by atoms with Crippen molar-refractivity contribution in [3.8, 4) is 0 Å². The Balaban J connectivity index is 2.82. The molecular weight excluding hydrogens is 309 g/mol. The van der Waals surface area contributed by atoms with Crippen LogP contribution in [0.2, 0.25) is 0 Å². The van der Waals surface area contributed by atoms with E-state index in [2.05, 4.69) is 5.32 Å². The standard InChI is InChI=1S/C14H28NO6P/c1-3-20-22(19,21-4-2)13(16)12(15-14(17)18)10-11-8-6-5-7-9-11/h11-13,15-16H,3-10H2,1-2H3,(H,17,18)/t12-,13?/m0/s1. The molecule has 8 heteroatoms. The highest BCUT2D eigenvalue weighted by Gasteiger charge is 2.41. The molecule has 0 heterocycles. The summed E-state index contributed by atoms with van der Waals surface area (Å²) in [6.45, 7) is 3.55. The molecule has 3 N–H and O–H groups in total. The normalized spacial score (nSPS) is 19.6. The first-order valence-electron chi connectivity index (χ1n) is 7.99. The van der Waals surface area contributed by atoms with E-state index in [1.807, 2.05) is 0 Å². The van der Waals surface area contributed by atoms with Gasteiger partial charge in [-0.3, -0.25) is 4.57 Å². The Morgan fingerprint density at radius 1 is 1.23 bits per heavy atom. The van der Waals surface area contributed by atoms with E-state index < -0.39 is 25.6 Å². The zero-order chi connectivity index (χ0) is 16.6. The van der Waals surface area contributed by atoms with Crippen LogP contribution in [0, 0.1) is 5.92 Å². The van der Waals surface area contributed by atoms with Gasteiger partial charge in [-0.25, -0.2) is 4.79 Å². The van der Waals surface area contributed by atoms with Crippen molar-refractivity contribution >= 4 is 13.7 Å². The molecule has 1 unspecified atom stereocenters. The van der Waals surface area contributed by atoms with Crippen LogP contribution >= 0.6 is 7.60 Å². The molecule has 7 nitrogen and oxygen atoms in total. The molecule has 1 aliphatic carbocycles. The van der Waals surface area contributed by atoms with Gasteiger partial charge in [-0.05, 0) is 26.2 Å². The molecule has 1 aliphatic rings. The lowest BCUT2D eigenvalue weighted by Crippen LogP contribution is -2.44. The molecule has 0 aromatic rings. The summed E-state index contributed by atoms with van der Waals surface area (Å²) in [6, 6.07) is -0.857. The van der Waals surface area contributed by atoms with Crippen LogP contribution in [0.15, 0.2) is 0 Å². The minimum atomic E-state index is -3.76. The van der Waals surface area contributed by atoms with Gasteiger partial charge < -0.3 is 24.6 Å². The molecule has 1 saturated carbocycles. The average Bonchev–Trinajstić information content (AvgIpc) is 2.47. The average molecular weight is 337 g/mol. The summed E-state index contributed by atoms with van der Waals surface area (Å²) >= 11 is 0. The van der Waals surface area contributed by atoms with Gasteiger partial charge in [-0.1, -0.05) is 32.1 Å². The molecule has 0 bridgehead atoms. The van der Waals surface area contributed by atoms with E-state index >= 15 is 0 Å². The molecule has 22 heavy (non-hydrogen) atoms. The lowest BCUT2D eigenvalue weighted by molar-refractivity contribution is 0.109. The van der Waals surface area contributed by atoms with Crippen LogP contribution in [0.4, 0.5) is 4.79 Å². The highest BCUT2D eigenvalue weighted by atomic mass is 31.2. The molecule has 0 spiro atoms. The van der Waals surface area contributed by atoms with Gasteiger partial charge in [0.2, 0.25) is 0 Å². The predicted molar refractivity (Wildman–Crippen MR) is 83.0 cm³/mol. The number of hydrogen-bond acceptors (Lipinski definition) is 5. The maximum absolute atomic E-state index is 12.7. The zero-order valence-electron chi connectivity index (χ0n) is 13.4. The van der Waals surface area contributed by atoms with Gasteiger partial charge in [0.15, 0.2) is 5.85 Å². The van der Waals surface area contributed by atoms with Crippen molar-refractivity contribution < 1.29 is 28.6 Å². The van der Waals surface area contributed by atoms with E-state index in [-0.39, 0.29) is 13.2 Å². The number of rotatable bonds is 9. The topological polar surface area (TPSA) is 105 Å². The molecule has 0 aliphatic heterocycles. The lowest BCUT2D eigenvalue weighted by atomic mass is 9.85. The Hall–Kier alpha value is -0.620. The van der Waals surface area contributed by atoms with Crippen molar-refractivity contribution in [2.75, 3.05) is 13.2 Å². The van der Waals surface area contributed by atoms with Crippen LogP contribution in [0.5, 0.6) is 0 Å². The summed E-state index contributed by atoms with van der Waals surface area (Å²) < 4.78 is 22.9. The van der Waals surface area contributed by atoms with Crippen molar-refractivity contribution in [2.24, 2.45) is 5.92 Å². The predicted octanol–water partition coefficient (Wildman–Crippen LogP) is 3.18. The van der Waals surface area contributed by atoms with Gasteiger partial charge >= 0.3 is 13.7 Å². The fourth-order valence-corrected chi connectivity index (χ4v) is 4.70. The van der Waals surface area contributed by atoms with Gasteiger partial charge in [-0.15, -0.1) is 0 Å². The second-order valence-corrected chi connectivity index (χ2v) is 7.71. The second kappa shape index (κ2) is 9.50. The van der Waals surface area contributed by atoms with Crippen LogP contribution in [0.1, 0.15) is 52.4 Å². The minimum absolute atomic E-state index is 0.123. The molecule has 1 fully saturated rings.